The van der Waals surface area contributed by atoms with Crippen LogP contribution in [0.3, 0.4) is 0 Å². The molecule has 1 aliphatic rings. The van der Waals surface area contributed by atoms with E-state index in [-0.39, 0.29) is 29.2 Å². The summed E-state index contributed by atoms with van der Waals surface area (Å²) in [6.07, 6.45) is 1.26. The summed E-state index contributed by atoms with van der Waals surface area (Å²) in [5, 5.41) is 4.92. The van der Waals surface area contributed by atoms with Crippen molar-refractivity contribution in [1.82, 2.24) is 5.32 Å². The molecular weight excluding hydrogens is 625 g/mol. The Hall–Kier alpha value is -3.83. The van der Waals surface area contributed by atoms with Gasteiger partial charge in [-0.1, -0.05) is 28.1 Å². The molecule has 0 atom stereocenters. The molecule has 4 rings (SSSR count). The number of imide groups is 2. The second-order valence-corrected chi connectivity index (χ2v) is 10.1. The van der Waals surface area contributed by atoms with Crippen LogP contribution in [0.25, 0.3) is 6.08 Å². The van der Waals surface area contributed by atoms with Gasteiger partial charge in [-0.2, -0.15) is 0 Å². The highest BCUT2D eigenvalue weighted by molar-refractivity contribution is 9.11. The van der Waals surface area contributed by atoms with E-state index in [4.69, 9.17) is 4.74 Å². The van der Waals surface area contributed by atoms with Crippen LogP contribution in [0.1, 0.15) is 16.7 Å². The SMILES string of the molecule is Cc1cccc(NC(=O)COc2c(Br)cc(Br)cc2/C=C2\C(=O)NC(=O)N(c3ccc(F)cc3)C2=O)c1C. The first kappa shape index (κ1) is 27.2. The van der Waals surface area contributed by atoms with Crippen molar-refractivity contribution in [1.29, 1.82) is 0 Å². The van der Waals surface area contributed by atoms with Gasteiger partial charge in [-0.3, -0.25) is 19.7 Å². The number of nitrogens with zero attached hydrogens (tertiary/aromatic N) is 1. The fraction of sp³-hybridized carbons (Fsp3) is 0.111. The smallest absolute Gasteiger partial charge is 0.335 e. The second kappa shape index (κ2) is 11.3. The highest BCUT2D eigenvalue weighted by Crippen LogP contribution is 2.35. The Morgan fingerprint density at radius 2 is 1.79 bits per heavy atom. The van der Waals surface area contributed by atoms with Crippen LogP contribution in [-0.4, -0.2) is 30.4 Å². The van der Waals surface area contributed by atoms with Gasteiger partial charge in [0.2, 0.25) is 0 Å². The number of ether oxygens (including phenoxy) is 1. The van der Waals surface area contributed by atoms with Crippen LogP contribution in [0.4, 0.5) is 20.6 Å². The number of amides is 5. The Labute approximate surface area is 234 Å². The summed E-state index contributed by atoms with van der Waals surface area (Å²) in [4.78, 5) is 51.6. The van der Waals surface area contributed by atoms with Gasteiger partial charge < -0.3 is 10.1 Å². The van der Waals surface area contributed by atoms with Gasteiger partial charge in [0.25, 0.3) is 17.7 Å². The zero-order valence-corrected chi connectivity index (χ0v) is 23.3. The largest absolute Gasteiger partial charge is 0.482 e. The number of carbonyl (C=O) groups excluding carboxylic acids is 4. The van der Waals surface area contributed by atoms with Crippen molar-refractivity contribution in [2.75, 3.05) is 16.8 Å². The summed E-state index contributed by atoms with van der Waals surface area (Å²) in [6.45, 7) is 3.48. The predicted molar refractivity (Wildman–Crippen MR) is 147 cm³/mol. The van der Waals surface area contributed by atoms with Crippen molar-refractivity contribution < 1.29 is 28.3 Å². The topological polar surface area (TPSA) is 105 Å². The maximum absolute atomic E-state index is 13.4. The summed E-state index contributed by atoms with van der Waals surface area (Å²) in [5.41, 5.74) is 2.63. The Bertz CT molecular complexity index is 1510. The van der Waals surface area contributed by atoms with Crippen LogP contribution in [0.15, 0.2) is 69.1 Å². The van der Waals surface area contributed by atoms with Gasteiger partial charge in [0, 0.05) is 15.7 Å². The molecule has 0 saturated carbocycles. The number of barbiturate groups is 1. The lowest BCUT2D eigenvalue weighted by Crippen LogP contribution is -2.54. The van der Waals surface area contributed by atoms with Gasteiger partial charge in [-0.05, 0) is 89.4 Å². The highest BCUT2D eigenvalue weighted by Gasteiger charge is 2.37. The maximum atomic E-state index is 13.4. The molecule has 1 aliphatic heterocycles. The first-order valence-corrected chi connectivity index (χ1v) is 12.8. The molecule has 0 unspecified atom stereocenters. The van der Waals surface area contributed by atoms with E-state index >= 15 is 0 Å². The van der Waals surface area contributed by atoms with E-state index in [1.54, 1.807) is 18.2 Å². The third kappa shape index (κ3) is 5.84. The fourth-order valence-corrected chi connectivity index (χ4v) is 5.06. The molecule has 2 N–H and O–H groups in total. The molecule has 1 fully saturated rings. The maximum Gasteiger partial charge on any atom is 0.335 e. The van der Waals surface area contributed by atoms with Gasteiger partial charge in [-0.25, -0.2) is 14.1 Å². The number of hydrogen-bond donors (Lipinski definition) is 2. The average molecular weight is 645 g/mol. The lowest BCUT2D eigenvalue weighted by Gasteiger charge is -2.26. The lowest BCUT2D eigenvalue weighted by atomic mass is 10.1. The third-order valence-electron chi connectivity index (χ3n) is 5.75. The molecule has 0 aliphatic carbocycles. The first-order valence-electron chi connectivity index (χ1n) is 11.2. The average Bonchev–Trinajstić information content (AvgIpc) is 2.85. The minimum Gasteiger partial charge on any atom is -0.482 e. The fourth-order valence-electron chi connectivity index (χ4n) is 3.69. The molecule has 3 aromatic carbocycles. The quantitative estimate of drug-likeness (QED) is 0.267. The molecule has 0 spiro atoms. The Balaban J connectivity index is 1.62. The molecule has 0 radical (unpaired) electrons. The van der Waals surface area contributed by atoms with Gasteiger partial charge in [0.1, 0.15) is 17.1 Å². The number of benzene rings is 3. The number of urea groups is 1. The number of hydrogen-bond acceptors (Lipinski definition) is 5. The monoisotopic (exact) mass is 643 g/mol. The highest BCUT2D eigenvalue weighted by atomic mass is 79.9. The molecule has 1 heterocycles. The number of nitrogens with one attached hydrogen (secondary N) is 2. The molecule has 5 amide bonds. The van der Waals surface area contributed by atoms with Crippen LogP contribution in [0.2, 0.25) is 0 Å². The van der Waals surface area contributed by atoms with E-state index in [1.165, 1.54) is 18.2 Å². The molecule has 194 valence electrons. The van der Waals surface area contributed by atoms with Crippen LogP contribution in [-0.2, 0) is 14.4 Å². The van der Waals surface area contributed by atoms with Crippen molar-refractivity contribution >= 4 is 73.1 Å². The van der Waals surface area contributed by atoms with Crippen molar-refractivity contribution in [3.05, 3.63) is 91.6 Å². The van der Waals surface area contributed by atoms with Crippen molar-refractivity contribution in [3.8, 4) is 5.75 Å². The van der Waals surface area contributed by atoms with Gasteiger partial charge >= 0.3 is 6.03 Å². The summed E-state index contributed by atoms with van der Waals surface area (Å²) >= 11 is 6.76. The lowest BCUT2D eigenvalue weighted by molar-refractivity contribution is -0.122. The van der Waals surface area contributed by atoms with Crippen LogP contribution in [0, 0.1) is 19.7 Å². The van der Waals surface area contributed by atoms with E-state index < -0.39 is 29.6 Å². The minimum absolute atomic E-state index is 0.0855. The zero-order valence-electron chi connectivity index (χ0n) is 20.1. The van der Waals surface area contributed by atoms with Crippen LogP contribution in [0.5, 0.6) is 5.75 Å². The van der Waals surface area contributed by atoms with Crippen molar-refractivity contribution in [2.24, 2.45) is 0 Å². The minimum atomic E-state index is -0.959. The predicted octanol–water partition coefficient (Wildman–Crippen LogP) is 5.65. The van der Waals surface area contributed by atoms with Crippen molar-refractivity contribution in [2.45, 2.75) is 13.8 Å². The van der Waals surface area contributed by atoms with E-state index in [0.717, 1.165) is 28.2 Å². The summed E-state index contributed by atoms with van der Waals surface area (Å²) in [5.74, 6) is -2.57. The zero-order chi connectivity index (χ0) is 27.6. The second-order valence-electron chi connectivity index (χ2n) is 8.32. The summed E-state index contributed by atoms with van der Waals surface area (Å²) in [6, 6.07) is 12.6. The van der Waals surface area contributed by atoms with Crippen LogP contribution >= 0.6 is 31.9 Å². The molecule has 8 nitrogen and oxygen atoms in total. The number of anilines is 2. The third-order valence-corrected chi connectivity index (χ3v) is 6.80. The number of aryl methyl sites for hydroxylation is 1. The van der Waals surface area contributed by atoms with Crippen LogP contribution < -0.4 is 20.3 Å². The Morgan fingerprint density at radius 3 is 2.50 bits per heavy atom. The molecular formula is C27H20Br2FN3O5. The van der Waals surface area contributed by atoms with E-state index in [9.17, 15) is 23.6 Å². The number of halogens is 3. The number of carbonyl (C=O) groups is 4. The van der Waals surface area contributed by atoms with Gasteiger partial charge in [0.15, 0.2) is 6.61 Å². The van der Waals surface area contributed by atoms with E-state index in [0.29, 0.717) is 14.6 Å². The normalized spacial score (nSPS) is 14.5. The summed E-state index contributed by atoms with van der Waals surface area (Å²) in [7, 11) is 0. The summed E-state index contributed by atoms with van der Waals surface area (Å²) < 4.78 is 20.2. The van der Waals surface area contributed by atoms with Crippen molar-refractivity contribution in [3.63, 3.8) is 0 Å². The van der Waals surface area contributed by atoms with Gasteiger partial charge in [0.05, 0.1) is 10.2 Å². The molecule has 0 aromatic heterocycles. The molecule has 11 heteroatoms. The first-order chi connectivity index (χ1) is 18.0. The molecule has 3 aromatic rings. The number of rotatable bonds is 6. The molecule has 38 heavy (non-hydrogen) atoms. The Kier molecular flexibility index (Phi) is 8.08. The van der Waals surface area contributed by atoms with E-state index in [1.807, 2.05) is 26.0 Å². The van der Waals surface area contributed by atoms with Gasteiger partial charge in [-0.15, -0.1) is 0 Å². The Morgan fingerprint density at radius 1 is 1.08 bits per heavy atom. The van der Waals surface area contributed by atoms with E-state index in [2.05, 4.69) is 42.5 Å². The standard InChI is InChI=1S/C27H20Br2FN3O5/c1-14-4-3-5-22(15(14)2)31-23(34)13-38-24-16(10-17(28)12-21(24)29)11-20-25(35)32-27(37)33(26(20)36)19-8-6-18(30)7-9-19/h3-12H,13H2,1-2H3,(H,31,34)(H,32,35,37)/b20-11+. The molecule has 0 bridgehead atoms. The molecule has 1 saturated heterocycles.